The fourth-order valence-corrected chi connectivity index (χ4v) is 2.32. The van der Waals surface area contributed by atoms with E-state index in [0.29, 0.717) is 5.49 Å². The number of benzene rings is 1. The molecule has 0 bridgehead atoms. The Bertz CT molecular complexity index is 663. The van der Waals surface area contributed by atoms with Gasteiger partial charge in [0.2, 0.25) is 5.95 Å². The Hall–Kier alpha value is -2.30. The third-order valence-electron chi connectivity index (χ3n) is 3.27. The number of anilines is 1. The average molecular weight is 256 g/mol. The van der Waals surface area contributed by atoms with E-state index < -0.39 is 0 Å². The molecule has 1 aromatic carbocycles. The minimum atomic E-state index is 0.470. The Balaban J connectivity index is 2.16. The SMILES string of the molecule is COc1ccccc1-c1cc(=N)n2c(n1)NCCC2. The van der Waals surface area contributed by atoms with E-state index in [4.69, 9.17) is 10.1 Å². The van der Waals surface area contributed by atoms with Crippen LogP contribution in [-0.4, -0.2) is 23.2 Å². The number of aromatic nitrogens is 2. The van der Waals surface area contributed by atoms with Crippen LogP contribution in [0.15, 0.2) is 30.3 Å². The minimum Gasteiger partial charge on any atom is -0.496 e. The fraction of sp³-hybridized carbons (Fsp3) is 0.286. The summed E-state index contributed by atoms with van der Waals surface area (Å²) in [6.45, 7) is 1.75. The monoisotopic (exact) mass is 256 g/mol. The Morgan fingerprint density at radius 3 is 3.05 bits per heavy atom. The lowest BCUT2D eigenvalue weighted by Gasteiger charge is -2.20. The summed E-state index contributed by atoms with van der Waals surface area (Å²) >= 11 is 0. The first-order valence-electron chi connectivity index (χ1n) is 6.33. The van der Waals surface area contributed by atoms with Crippen molar-refractivity contribution in [1.82, 2.24) is 9.55 Å². The molecule has 1 aliphatic rings. The fourth-order valence-electron chi connectivity index (χ4n) is 2.32. The second-order valence-electron chi connectivity index (χ2n) is 4.48. The molecule has 2 N–H and O–H groups in total. The highest BCUT2D eigenvalue weighted by Gasteiger charge is 2.13. The highest BCUT2D eigenvalue weighted by atomic mass is 16.5. The molecule has 0 saturated carbocycles. The molecule has 1 aliphatic heterocycles. The van der Waals surface area contributed by atoms with Crippen molar-refractivity contribution in [2.24, 2.45) is 0 Å². The first-order chi connectivity index (χ1) is 9.29. The van der Waals surface area contributed by atoms with Crippen LogP contribution in [0.1, 0.15) is 6.42 Å². The van der Waals surface area contributed by atoms with E-state index in [2.05, 4.69) is 10.3 Å². The van der Waals surface area contributed by atoms with Gasteiger partial charge in [-0.2, -0.15) is 0 Å². The maximum Gasteiger partial charge on any atom is 0.204 e. The van der Waals surface area contributed by atoms with Crippen LogP contribution in [0.4, 0.5) is 5.95 Å². The van der Waals surface area contributed by atoms with E-state index in [-0.39, 0.29) is 0 Å². The summed E-state index contributed by atoms with van der Waals surface area (Å²) < 4.78 is 7.25. The topological polar surface area (TPSA) is 62.9 Å². The van der Waals surface area contributed by atoms with Crippen LogP contribution in [0.5, 0.6) is 5.75 Å². The summed E-state index contributed by atoms with van der Waals surface area (Å²) in [6, 6.07) is 9.52. The van der Waals surface area contributed by atoms with Crippen LogP contribution in [-0.2, 0) is 6.54 Å². The number of rotatable bonds is 2. The molecule has 5 nitrogen and oxygen atoms in total. The molecule has 19 heavy (non-hydrogen) atoms. The Labute approximate surface area is 111 Å². The standard InChI is InChI=1S/C14H16N4O/c1-19-12-6-3-2-5-10(12)11-9-13(15)18-8-4-7-16-14(18)17-11/h2-3,5-6,9,15H,4,7-8H2,1H3,(H,16,17). The lowest BCUT2D eigenvalue weighted by molar-refractivity contribution is 0.416. The molecule has 0 unspecified atom stereocenters. The van der Waals surface area contributed by atoms with E-state index in [9.17, 15) is 0 Å². The van der Waals surface area contributed by atoms with Crippen LogP contribution in [0.2, 0.25) is 0 Å². The van der Waals surface area contributed by atoms with Gasteiger partial charge in [-0.25, -0.2) is 4.98 Å². The third kappa shape index (κ3) is 2.07. The Morgan fingerprint density at radius 2 is 2.21 bits per heavy atom. The second kappa shape index (κ2) is 4.76. The van der Waals surface area contributed by atoms with Crippen LogP contribution in [0.25, 0.3) is 11.3 Å². The van der Waals surface area contributed by atoms with Gasteiger partial charge < -0.3 is 10.1 Å². The minimum absolute atomic E-state index is 0.470. The van der Waals surface area contributed by atoms with Gasteiger partial charge in [0, 0.05) is 24.7 Å². The summed E-state index contributed by atoms with van der Waals surface area (Å²) in [5, 5.41) is 11.4. The molecule has 0 aliphatic carbocycles. The highest BCUT2D eigenvalue weighted by Crippen LogP contribution is 2.28. The van der Waals surface area contributed by atoms with Gasteiger partial charge in [0.05, 0.1) is 12.8 Å². The molecule has 5 heteroatoms. The largest absolute Gasteiger partial charge is 0.496 e. The molecule has 0 amide bonds. The van der Waals surface area contributed by atoms with Gasteiger partial charge >= 0.3 is 0 Å². The number of para-hydroxylation sites is 1. The van der Waals surface area contributed by atoms with E-state index in [1.807, 2.05) is 28.8 Å². The molecular weight excluding hydrogens is 240 g/mol. The van der Waals surface area contributed by atoms with Crippen molar-refractivity contribution in [1.29, 1.82) is 5.41 Å². The van der Waals surface area contributed by atoms with E-state index in [0.717, 1.165) is 42.5 Å². The molecule has 2 aromatic rings. The number of hydrogen-bond donors (Lipinski definition) is 2. The van der Waals surface area contributed by atoms with Gasteiger partial charge in [0.1, 0.15) is 11.2 Å². The van der Waals surface area contributed by atoms with Gasteiger partial charge in [0.25, 0.3) is 0 Å². The predicted molar refractivity (Wildman–Crippen MR) is 73.2 cm³/mol. The van der Waals surface area contributed by atoms with Crippen molar-refractivity contribution < 1.29 is 4.74 Å². The number of methoxy groups -OCH3 is 1. The Morgan fingerprint density at radius 1 is 1.37 bits per heavy atom. The van der Waals surface area contributed by atoms with Crippen LogP contribution >= 0.6 is 0 Å². The summed E-state index contributed by atoms with van der Waals surface area (Å²) in [5.74, 6) is 1.54. The predicted octanol–water partition coefficient (Wildman–Crippen LogP) is 1.85. The van der Waals surface area contributed by atoms with Gasteiger partial charge in [0.15, 0.2) is 0 Å². The van der Waals surface area contributed by atoms with Gasteiger partial charge in [-0.3, -0.25) is 9.98 Å². The number of ether oxygens (including phenoxy) is 1. The smallest absolute Gasteiger partial charge is 0.204 e. The first kappa shape index (κ1) is 11.8. The molecule has 2 heterocycles. The van der Waals surface area contributed by atoms with Crippen molar-refractivity contribution in [2.45, 2.75) is 13.0 Å². The molecule has 0 spiro atoms. The molecule has 0 atom stereocenters. The summed E-state index contributed by atoms with van der Waals surface area (Å²) in [7, 11) is 1.64. The van der Waals surface area contributed by atoms with Crippen molar-refractivity contribution in [2.75, 3.05) is 19.0 Å². The first-order valence-corrected chi connectivity index (χ1v) is 6.33. The van der Waals surface area contributed by atoms with Crippen molar-refractivity contribution in [3.05, 3.63) is 35.8 Å². The normalized spacial score (nSPS) is 13.5. The molecule has 98 valence electrons. The lowest BCUT2D eigenvalue weighted by atomic mass is 10.1. The van der Waals surface area contributed by atoms with Gasteiger partial charge in [-0.05, 0) is 18.6 Å². The number of fused-ring (bicyclic) bond motifs is 1. The Kier molecular flexibility index (Phi) is 2.95. The van der Waals surface area contributed by atoms with Gasteiger partial charge in [-0.15, -0.1) is 0 Å². The maximum absolute atomic E-state index is 8.11. The quantitative estimate of drug-likeness (QED) is 0.862. The molecular formula is C14H16N4O. The number of hydrogen-bond acceptors (Lipinski definition) is 4. The van der Waals surface area contributed by atoms with Crippen molar-refractivity contribution in [3.8, 4) is 17.0 Å². The van der Waals surface area contributed by atoms with Crippen LogP contribution in [0.3, 0.4) is 0 Å². The maximum atomic E-state index is 8.11. The molecule has 0 radical (unpaired) electrons. The summed E-state index contributed by atoms with van der Waals surface area (Å²) in [4.78, 5) is 4.60. The zero-order valence-electron chi connectivity index (χ0n) is 10.8. The second-order valence-corrected chi connectivity index (χ2v) is 4.48. The van der Waals surface area contributed by atoms with Crippen molar-refractivity contribution >= 4 is 5.95 Å². The third-order valence-corrected chi connectivity index (χ3v) is 3.27. The van der Waals surface area contributed by atoms with E-state index in [1.54, 1.807) is 13.2 Å². The zero-order valence-corrected chi connectivity index (χ0v) is 10.8. The van der Waals surface area contributed by atoms with E-state index in [1.165, 1.54) is 0 Å². The van der Waals surface area contributed by atoms with Crippen molar-refractivity contribution in [3.63, 3.8) is 0 Å². The zero-order chi connectivity index (χ0) is 13.2. The average Bonchev–Trinajstić information content (AvgIpc) is 2.47. The highest BCUT2D eigenvalue weighted by molar-refractivity contribution is 5.67. The summed E-state index contributed by atoms with van der Waals surface area (Å²) in [5.41, 5.74) is 2.15. The lowest BCUT2D eigenvalue weighted by Crippen LogP contribution is -2.30. The van der Waals surface area contributed by atoms with Gasteiger partial charge in [-0.1, -0.05) is 12.1 Å². The summed E-state index contributed by atoms with van der Waals surface area (Å²) in [6.07, 6.45) is 1.03. The van der Waals surface area contributed by atoms with Crippen LogP contribution in [0, 0.1) is 5.41 Å². The number of nitrogens with one attached hydrogen (secondary N) is 2. The number of nitrogens with zero attached hydrogens (tertiary/aromatic N) is 2. The molecule has 3 rings (SSSR count). The van der Waals surface area contributed by atoms with E-state index >= 15 is 0 Å². The molecule has 0 saturated heterocycles. The van der Waals surface area contributed by atoms with Crippen LogP contribution < -0.4 is 15.5 Å². The molecule has 0 fully saturated rings. The molecule has 1 aromatic heterocycles.